The van der Waals surface area contributed by atoms with E-state index in [1.807, 2.05) is 30.5 Å². The quantitative estimate of drug-likeness (QED) is 0.390. The predicted molar refractivity (Wildman–Crippen MR) is 84.2 cm³/mol. The first kappa shape index (κ1) is 13.0. The van der Waals surface area contributed by atoms with Gasteiger partial charge in [0.1, 0.15) is 5.75 Å². The van der Waals surface area contributed by atoms with Crippen LogP contribution in [0.25, 0.3) is 17.0 Å². The third-order valence-electron chi connectivity index (χ3n) is 3.32. The summed E-state index contributed by atoms with van der Waals surface area (Å²) in [5.41, 5.74) is 8.14. The number of anilines is 1. The Morgan fingerprint density at radius 2 is 2.00 bits per heavy atom. The Labute approximate surface area is 121 Å². The van der Waals surface area contributed by atoms with Gasteiger partial charge in [-0.2, -0.15) is 0 Å². The molecule has 0 bridgehead atoms. The van der Waals surface area contributed by atoms with Gasteiger partial charge in [0.05, 0.1) is 5.56 Å². The van der Waals surface area contributed by atoms with Crippen LogP contribution in [0.4, 0.5) is 5.69 Å². The zero-order chi connectivity index (χ0) is 14.8. The number of carbonyl (C=O) groups is 1. The summed E-state index contributed by atoms with van der Waals surface area (Å²) in [6.07, 6.45) is 5.02. The summed E-state index contributed by atoms with van der Waals surface area (Å²) in [6.45, 7) is 0. The van der Waals surface area contributed by atoms with E-state index in [0.29, 0.717) is 5.69 Å². The zero-order valence-corrected chi connectivity index (χ0v) is 11.2. The van der Waals surface area contributed by atoms with Gasteiger partial charge in [0, 0.05) is 28.9 Å². The van der Waals surface area contributed by atoms with Gasteiger partial charge in [-0.15, -0.1) is 0 Å². The van der Waals surface area contributed by atoms with Crippen LogP contribution in [-0.4, -0.2) is 15.9 Å². The van der Waals surface area contributed by atoms with Crippen molar-refractivity contribution in [2.75, 3.05) is 5.73 Å². The number of allylic oxidation sites excluding steroid dienone is 1. The summed E-state index contributed by atoms with van der Waals surface area (Å²) >= 11 is 0. The van der Waals surface area contributed by atoms with Crippen molar-refractivity contribution in [3.05, 3.63) is 65.9 Å². The van der Waals surface area contributed by atoms with Crippen LogP contribution >= 0.6 is 0 Å². The predicted octanol–water partition coefficient (Wildman–Crippen LogP) is 3.35. The van der Waals surface area contributed by atoms with Crippen molar-refractivity contribution in [3.8, 4) is 5.75 Å². The van der Waals surface area contributed by atoms with Crippen LogP contribution in [0.3, 0.4) is 0 Å². The Morgan fingerprint density at radius 1 is 1.19 bits per heavy atom. The number of phenols is 1. The number of rotatable bonds is 3. The van der Waals surface area contributed by atoms with E-state index in [1.54, 1.807) is 12.1 Å². The lowest BCUT2D eigenvalue weighted by Crippen LogP contribution is -1.96. The average molecular weight is 278 g/mol. The van der Waals surface area contributed by atoms with Gasteiger partial charge in [-0.05, 0) is 35.9 Å². The Balaban J connectivity index is 1.90. The Kier molecular flexibility index (Phi) is 3.20. The normalized spacial score (nSPS) is 11.2. The van der Waals surface area contributed by atoms with Gasteiger partial charge < -0.3 is 15.8 Å². The van der Waals surface area contributed by atoms with E-state index in [4.69, 9.17) is 5.73 Å². The molecule has 0 aliphatic carbocycles. The summed E-state index contributed by atoms with van der Waals surface area (Å²) in [6, 6.07) is 12.3. The first-order valence-corrected chi connectivity index (χ1v) is 6.52. The van der Waals surface area contributed by atoms with Gasteiger partial charge in [-0.1, -0.05) is 18.2 Å². The largest absolute Gasteiger partial charge is 0.507 e. The minimum atomic E-state index is -0.266. The minimum Gasteiger partial charge on any atom is -0.507 e. The molecule has 4 heteroatoms. The SMILES string of the molecule is Nc1ccc(C(=O)/C=C/c2c[nH]c3ccccc23)c(O)c1. The fourth-order valence-corrected chi connectivity index (χ4v) is 2.24. The number of ketones is 1. The topological polar surface area (TPSA) is 79.1 Å². The van der Waals surface area contributed by atoms with E-state index >= 15 is 0 Å². The molecule has 21 heavy (non-hydrogen) atoms. The van der Waals surface area contributed by atoms with Crippen molar-refractivity contribution >= 4 is 28.4 Å². The molecule has 0 saturated carbocycles. The maximum Gasteiger partial charge on any atom is 0.189 e. The fraction of sp³-hybridized carbons (Fsp3) is 0. The summed E-state index contributed by atoms with van der Waals surface area (Å²) in [4.78, 5) is 15.3. The number of hydrogen-bond donors (Lipinski definition) is 3. The smallest absolute Gasteiger partial charge is 0.189 e. The second-order valence-electron chi connectivity index (χ2n) is 4.76. The van der Waals surface area contributed by atoms with Crippen molar-refractivity contribution < 1.29 is 9.90 Å². The molecule has 0 atom stereocenters. The number of aromatic amines is 1. The molecule has 0 spiro atoms. The highest BCUT2D eigenvalue weighted by Crippen LogP contribution is 2.22. The number of nitrogens with one attached hydrogen (secondary N) is 1. The summed E-state index contributed by atoms with van der Waals surface area (Å²) in [7, 11) is 0. The lowest BCUT2D eigenvalue weighted by Gasteiger charge is -2.01. The molecule has 2 aromatic carbocycles. The molecule has 3 aromatic rings. The van der Waals surface area contributed by atoms with E-state index < -0.39 is 0 Å². The van der Waals surface area contributed by atoms with Crippen molar-refractivity contribution in [3.63, 3.8) is 0 Å². The van der Waals surface area contributed by atoms with Crippen LogP contribution in [0.5, 0.6) is 5.75 Å². The number of hydrogen-bond acceptors (Lipinski definition) is 3. The second-order valence-corrected chi connectivity index (χ2v) is 4.76. The van der Waals surface area contributed by atoms with Gasteiger partial charge in [0.2, 0.25) is 0 Å². The van der Waals surface area contributed by atoms with Gasteiger partial charge in [-0.25, -0.2) is 0 Å². The van der Waals surface area contributed by atoms with Crippen LogP contribution < -0.4 is 5.73 Å². The van der Waals surface area contributed by atoms with Crippen molar-refractivity contribution in [1.29, 1.82) is 0 Å². The molecule has 0 aliphatic heterocycles. The van der Waals surface area contributed by atoms with Crippen LogP contribution in [-0.2, 0) is 0 Å². The number of H-pyrrole nitrogens is 1. The third kappa shape index (κ3) is 2.51. The van der Waals surface area contributed by atoms with Crippen LogP contribution in [0, 0.1) is 0 Å². The van der Waals surface area contributed by atoms with Crippen LogP contribution in [0.2, 0.25) is 0 Å². The van der Waals surface area contributed by atoms with E-state index in [1.165, 1.54) is 18.2 Å². The summed E-state index contributed by atoms with van der Waals surface area (Å²) in [5.74, 6) is -0.374. The van der Waals surface area contributed by atoms with Gasteiger partial charge in [0.25, 0.3) is 0 Å². The number of aromatic hydroxyl groups is 1. The maximum absolute atomic E-state index is 12.1. The average Bonchev–Trinajstić information content (AvgIpc) is 2.88. The van der Waals surface area contributed by atoms with Gasteiger partial charge in [0.15, 0.2) is 5.78 Å². The minimum absolute atomic E-state index is 0.108. The van der Waals surface area contributed by atoms with E-state index in [-0.39, 0.29) is 17.1 Å². The number of para-hydroxylation sites is 1. The molecule has 0 aliphatic rings. The first-order valence-electron chi connectivity index (χ1n) is 6.52. The van der Waals surface area contributed by atoms with E-state index in [0.717, 1.165) is 16.5 Å². The van der Waals surface area contributed by atoms with E-state index in [2.05, 4.69) is 4.98 Å². The molecule has 4 N–H and O–H groups in total. The molecule has 1 aromatic heterocycles. The molecule has 0 radical (unpaired) electrons. The van der Waals surface area contributed by atoms with Crippen LogP contribution in [0.15, 0.2) is 54.7 Å². The molecule has 0 fully saturated rings. The highest BCUT2D eigenvalue weighted by molar-refractivity contribution is 6.09. The molecule has 0 unspecified atom stereocenters. The molecule has 1 heterocycles. The molecular weight excluding hydrogens is 264 g/mol. The number of nitrogen functional groups attached to an aromatic ring is 1. The Hall–Kier alpha value is -3.01. The lowest BCUT2D eigenvalue weighted by molar-refractivity contribution is 0.104. The van der Waals surface area contributed by atoms with Crippen molar-refractivity contribution in [2.24, 2.45) is 0 Å². The monoisotopic (exact) mass is 278 g/mol. The maximum atomic E-state index is 12.1. The zero-order valence-electron chi connectivity index (χ0n) is 11.2. The van der Waals surface area contributed by atoms with Crippen molar-refractivity contribution in [1.82, 2.24) is 4.98 Å². The third-order valence-corrected chi connectivity index (χ3v) is 3.32. The van der Waals surface area contributed by atoms with E-state index in [9.17, 15) is 9.90 Å². The molecule has 0 amide bonds. The van der Waals surface area contributed by atoms with Crippen LogP contribution in [0.1, 0.15) is 15.9 Å². The highest BCUT2D eigenvalue weighted by atomic mass is 16.3. The number of benzene rings is 2. The second kappa shape index (κ2) is 5.17. The molecule has 0 saturated heterocycles. The van der Waals surface area contributed by atoms with Crippen molar-refractivity contribution in [2.45, 2.75) is 0 Å². The number of nitrogens with two attached hydrogens (primary N) is 1. The number of carbonyl (C=O) groups excluding carboxylic acids is 1. The molecule has 104 valence electrons. The number of fused-ring (bicyclic) bond motifs is 1. The fourth-order valence-electron chi connectivity index (χ4n) is 2.24. The Bertz CT molecular complexity index is 847. The lowest BCUT2D eigenvalue weighted by atomic mass is 10.1. The number of aromatic nitrogens is 1. The van der Waals surface area contributed by atoms with Gasteiger partial charge in [-0.3, -0.25) is 4.79 Å². The summed E-state index contributed by atoms with van der Waals surface area (Å²) in [5, 5.41) is 10.8. The highest BCUT2D eigenvalue weighted by Gasteiger charge is 2.08. The molecular formula is C17H14N2O2. The first-order chi connectivity index (χ1) is 10.1. The molecule has 4 nitrogen and oxygen atoms in total. The van der Waals surface area contributed by atoms with Gasteiger partial charge >= 0.3 is 0 Å². The molecule has 3 rings (SSSR count). The summed E-state index contributed by atoms with van der Waals surface area (Å²) < 4.78 is 0. The standard InChI is InChI=1S/C17H14N2O2/c18-12-6-7-14(17(21)9-12)16(20)8-5-11-10-19-15-4-2-1-3-13(11)15/h1-10,19,21H,18H2/b8-5+. The Morgan fingerprint density at radius 3 is 2.81 bits per heavy atom. The number of phenolic OH excluding ortho intramolecular Hbond substituents is 1.